The van der Waals surface area contributed by atoms with E-state index in [1.807, 2.05) is 13.8 Å². The van der Waals surface area contributed by atoms with Crippen molar-refractivity contribution in [1.82, 2.24) is 24.9 Å². The van der Waals surface area contributed by atoms with E-state index in [-0.39, 0.29) is 18.7 Å². The lowest BCUT2D eigenvalue weighted by Crippen LogP contribution is -2.30. The van der Waals surface area contributed by atoms with Crippen LogP contribution in [0.2, 0.25) is 5.02 Å². The zero-order chi connectivity index (χ0) is 21.0. The molecule has 2 heterocycles. The maximum atomic E-state index is 12.6. The quantitative estimate of drug-likeness (QED) is 0.596. The first-order valence-corrected chi connectivity index (χ1v) is 9.54. The highest BCUT2D eigenvalue weighted by Gasteiger charge is 2.20. The van der Waals surface area contributed by atoms with E-state index in [1.54, 1.807) is 28.8 Å². The predicted molar refractivity (Wildman–Crippen MR) is 108 cm³/mol. The zero-order valence-electron chi connectivity index (χ0n) is 16.5. The number of aromatic nitrogens is 4. The van der Waals surface area contributed by atoms with Gasteiger partial charge in [0.15, 0.2) is 0 Å². The van der Waals surface area contributed by atoms with Crippen molar-refractivity contribution in [3.8, 4) is 0 Å². The van der Waals surface area contributed by atoms with Crippen LogP contribution in [0.15, 0.2) is 30.6 Å². The molecule has 29 heavy (non-hydrogen) atoms. The van der Waals surface area contributed by atoms with Crippen molar-refractivity contribution in [3.63, 3.8) is 0 Å². The first-order valence-electron chi connectivity index (χ1n) is 9.16. The lowest BCUT2D eigenvalue weighted by Gasteiger charge is -2.19. The third kappa shape index (κ3) is 4.89. The van der Waals surface area contributed by atoms with Gasteiger partial charge in [0, 0.05) is 22.8 Å². The van der Waals surface area contributed by atoms with E-state index < -0.39 is 12.0 Å². The number of benzene rings is 1. The van der Waals surface area contributed by atoms with E-state index in [9.17, 15) is 9.59 Å². The number of methoxy groups -OCH3 is 1. The van der Waals surface area contributed by atoms with Gasteiger partial charge in [-0.3, -0.25) is 9.59 Å². The second-order valence-electron chi connectivity index (χ2n) is 6.68. The minimum absolute atomic E-state index is 0.0361. The van der Waals surface area contributed by atoms with Crippen molar-refractivity contribution in [2.24, 2.45) is 0 Å². The Bertz CT molecular complexity index is 1030. The highest BCUT2D eigenvalue weighted by molar-refractivity contribution is 6.30. The molecule has 9 heteroatoms. The van der Waals surface area contributed by atoms with Gasteiger partial charge in [-0.2, -0.15) is 10.1 Å². The Kier molecular flexibility index (Phi) is 6.43. The lowest BCUT2D eigenvalue weighted by molar-refractivity contribution is -0.141. The summed E-state index contributed by atoms with van der Waals surface area (Å²) in [6, 6.07) is 6.52. The number of fused-ring (bicyclic) bond motifs is 1. The molecule has 0 aliphatic rings. The predicted octanol–water partition coefficient (Wildman–Crippen LogP) is 2.75. The summed E-state index contributed by atoms with van der Waals surface area (Å²) in [7, 11) is 1.32. The maximum absolute atomic E-state index is 12.6. The summed E-state index contributed by atoms with van der Waals surface area (Å²) in [4.78, 5) is 32.9. The minimum Gasteiger partial charge on any atom is -0.469 e. The monoisotopic (exact) mass is 415 g/mol. The molecule has 0 bridgehead atoms. The number of carbonyl (C=O) groups excluding carboxylic acids is 2. The number of aryl methyl sites for hydroxylation is 2. The number of carbonyl (C=O) groups is 2. The Labute approximate surface area is 173 Å². The molecule has 0 saturated heterocycles. The fourth-order valence-corrected chi connectivity index (χ4v) is 3.35. The Balaban J connectivity index is 1.71. The molecule has 3 rings (SSSR count). The summed E-state index contributed by atoms with van der Waals surface area (Å²) < 4.78 is 6.42. The maximum Gasteiger partial charge on any atom is 0.307 e. The number of hydrogen-bond acceptors (Lipinski definition) is 6. The molecule has 1 N–H and O–H groups in total. The summed E-state index contributed by atoms with van der Waals surface area (Å²) >= 11 is 5.94. The molecule has 2 aromatic heterocycles. The number of amides is 1. The molecule has 0 saturated carbocycles. The Morgan fingerprint density at radius 3 is 2.66 bits per heavy atom. The Morgan fingerprint density at radius 2 is 1.97 bits per heavy atom. The fraction of sp³-hybridized carbons (Fsp3) is 0.350. The van der Waals surface area contributed by atoms with Crippen LogP contribution in [0.5, 0.6) is 0 Å². The molecule has 3 aromatic rings. The van der Waals surface area contributed by atoms with Gasteiger partial charge in [-0.25, -0.2) is 9.50 Å². The van der Waals surface area contributed by atoms with Crippen LogP contribution in [-0.2, 0) is 20.7 Å². The molecule has 0 aliphatic carbocycles. The van der Waals surface area contributed by atoms with Gasteiger partial charge in [0.1, 0.15) is 6.33 Å². The minimum atomic E-state index is -0.495. The van der Waals surface area contributed by atoms with Gasteiger partial charge in [0.05, 0.1) is 19.6 Å². The first-order chi connectivity index (χ1) is 13.9. The first kappa shape index (κ1) is 20.7. The van der Waals surface area contributed by atoms with Crippen LogP contribution in [0, 0.1) is 13.8 Å². The normalized spacial score (nSPS) is 12.0. The van der Waals surface area contributed by atoms with Gasteiger partial charge in [0.2, 0.25) is 5.91 Å². The summed E-state index contributed by atoms with van der Waals surface area (Å²) in [6.07, 6.45) is 2.23. The molecular formula is C20H22ClN5O3. The highest BCUT2D eigenvalue weighted by Crippen LogP contribution is 2.21. The van der Waals surface area contributed by atoms with E-state index in [2.05, 4.69) is 20.4 Å². The van der Waals surface area contributed by atoms with Crippen molar-refractivity contribution in [2.45, 2.75) is 39.2 Å². The third-order valence-electron chi connectivity index (χ3n) is 4.80. The average Bonchev–Trinajstić information content (AvgIpc) is 3.16. The molecule has 8 nitrogen and oxygen atoms in total. The van der Waals surface area contributed by atoms with Crippen molar-refractivity contribution >= 4 is 29.3 Å². The molecule has 0 spiro atoms. The second kappa shape index (κ2) is 9.00. The van der Waals surface area contributed by atoms with Gasteiger partial charge in [-0.05, 0) is 43.5 Å². The standard InChI is InChI=1S/C20H22ClN5O3/c1-12-16(13(2)26-20(24-12)22-11-23-26)8-9-18(27)25-17(10-19(28)29-3)14-4-6-15(21)7-5-14/h4-7,11,17H,8-10H2,1-3H3,(H,25,27)/t17-/m0/s1. The molecule has 1 amide bonds. The Hall–Kier alpha value is -3.00. The van der Waals surface area contributed by atoms with Gasteiger partial charge in [-0.15, -0.1) is 0 Å². The Morgan fingerprint density at radius 1 is 1.24 bits per heavy atom. The van der Waals surface area contributed by atoms with Crippen LogP contribution in [0.3, 0.4) is 0 Å². The summed E-state index contributed by atoms with van der Waals surface area (Å²) in [6.45, 7) is 3.82. The van der Waals surface area contributed by atoms with E-state index in [0.717, 1.165) is 22.5 Å². The molecular weight excluding hydrogens is 394 g/mol. The SMILES string of the molecule is COC(=O)C[C@H](NC(=O)CCc1c(C)nc2ncnn2c1C)c1ccc(Cl)cc1. The van der Waals surface area contributed by atoms with Crippen LogP contribution >= 0.6 is 11.6 Å². The number of nitrogens with one attached hydrogen (secondary N) is 1. The second-order valence-corrected chi connectivity index (χ2v) is 7.12. The van der Waals surface area contributed by atoms with Crippen molar-refractivity contribution in [3.05, 3.63) is 58.1 Å². The van der Waals surface area contributed by atoms with Crippen molar-refractivity contribution in [2.75, 3.05) is 7.11 Å². The smallest absolute Gasteiger partial charge is 0.307 e. The molecule has 1 aromatic carbocycles. The molecule has 0 radical (unpaired) electrons. The average molecular weight is 416 g/mol. The highest BCUT2D eigenvalue weighted by atomic mass is 35.5. The van der Waals surface area contributed by atoms with Crippen molar-refractivity contribution < 1.29 is 14.3 Å². The third-order valence-corrected chi connectivity index (χ3v) is 5.05. The summed E-state index contributed by atoms with van der Waals surface area (Å²) in [5, 5.41) is 7.67. The number of hydrogen-bond donors (Lipinski definition) is 1. The van der Waals surface area contributed by atoms with E-state index in [4.69, 9.17) is 16.3 Å². The number of nitrogens with zero attached hydrogens (tertiary/aromatic N) is 4. The largest absolute Gasteiger partial charge is 0.469 e. The van der Waals surface area contributed by atoms with E-state index >= 15 is 0 Å². The number of rotatable bonds is 7. The topological polar surface area (TPSA) is 98.5 Å². The summed E-state index contributed by atoms with van der Waals surface area (Å²) in [5.74, 6) is -0.0433. The van der Waals surface area contributed by atoms with E-state index in [1.165, 1.54) is 13.4 Å². The van der Waals surface area contributed by atoms with Crippen LogP contribution < -0.4 is 5.32 Å². The van der Waals surface area contributed by atoms with Gasteiger partial charge in [0.25, 0.3) is 5.78 Å². The molecule has 1 atom stereocenters. The summed E-state index contributed by atoms with van der Waals surface area (Å²) in [5.41, 5.74) is 3.46. The fourth-order valence-electron chi connectivity index (χ4n) is 3.22. The molecule has 0 fully saturated rings. The van der Waals surface area contributed by atoms with Gasteiger partial charge >= 0.3 is 5.97 Å². The molecule has 0 unspecified atom stereocenters. The van der Waals surface area contributed by atoms with Gasteiger partial charge < -0.3 is 10.1 Å². The van der Waals surface area contributed by atoms with Crippen LogP contribution in [0.1, 0.15) is 41.4 Å². The zero-order valence-corrected chi connectivity index (χ0v) is 17.2. The number of esters is 1. The van der Waals surface area contributed by atoms with Crippen LogP contribution in [-0.4, -0.2) is 38.6 Å². The molecule has 152 valence electrons. The van der Waals surface area contributed by atoms with Crippen LogP contribution in [0.25, 0.3) is 5.78 Å². The lowest BCUT2D eigenvalue weighted by atomic mass is 10.0. The number of ether oxygens (including phenoxy) is 1. The van der Waals surface area contributed by atoms with E-state index in [0.29, 0.717) is 17.2 Å². The van der Waals surface area contributed by atoms with Gasteiger partial charge in [-0.1, -0.05) is 23.7 Å². The van der Waals surface area contributed by atoms with Crippen LogP contribution in [0.4, 0.5) is 0 Å². The molecule has 0 aliphatic heterocycles. The number of halogens is 1. The van der Waals surface area contributed by atoms with Crippen molar-refractivity contribution in [1.29, 1.82) is 0 Å².